The Labute approximate surface area is 160 Å². The molecule has 2 N–H and O–H groups in total. The zero-order valence-corrected chi connectivity index (χ0v) is 16.6. The van der Waals surface area contributed by atoms with Crippen molar-refractivity contribution in [2.45, 2.75) is 82.6 Å². The summed E-state index contributed by atoms with van der Waals surface area (Å²) >= 11 is 0. The Kier molecular flexibility index (Phi) is 4.56. The predicted molar refractivity (Wildman–Crippen MR) is 98.1 cm³/mol. The maximum absolute atomic E-state index is 12.7. The van der Waals surface area contributed by atoms with Crippen molar-refractivity contribution in [3.63, 3.8) is 0 Å². The molecular weight excluding hydrogens is 348 g/mol. The van der Waals surface area contributed by atoms with Crippen LogP contribution in [0.2, 0.25) is 0 Å². The Balaban J connectivity index is 1.28. The Morgan fingerprint density at radius 2 is 1.81 bits per heavy atom. The van der Waals surface area contributed by atoms with Crippen molar-refractivity contribution in [1.29, 1.82) is 0 Å². The third kappa shape index (κ3) is 4.03. The SMILES string of the molecule is CC(C)(C)OC(=O)NC1CCN(C(=O)OC2C3CC4C[C@@H]2CC(O)(C4)C3)C1. The number of hydrogen-bond acceptors (Lipinski definition) is 5. The fourth-order valence-electron chi connectivity index (χ4n) is 5.84. The average Bonchev–Trinajstić information content (AvgIpc) is 2.95. The van der Waals surface area contributed by atoms with Crippen molar-refractivity contribution in [1.82, 2.24) is 10.2 Å². The van der Waals surface area contributed by atoms with Crippen molar-refractivity contribution in [3.8, 4) is 0 Å². The zero-order chi connectivity index (χ0) is 19.4. The second-order valence-electron chi connectivity index (χ2n) is 10.1. The van der Waals surface area contributed by atoms with Gasteiger partial charge in [-0.1, -0.05) is 0 Å². The number of carbonyl (C=O) groups excluding carboxylic acids is 2. The van der Waals surface area contributed by atoms with Gasteiger partial charge in [-0.15, -0.1) is 0 Å². The van der Waals surface area contributed by atoms with Crippen LogP contribution in [0.4, 0.5) is 9.59 Å². The number of amides is 2. The highest BCUT2D eigenvalue weighted by atomic mass is 16.6. The molecule has 0 radical (unpaired) electrons. The van der Waals surface area contributed by atoms with Crippen molar-refractivity contribution in [3.05, 3.63) is 0 Å². The first-order chi connectivity index (χ1) is 12.6. The fourth-order valence-corrected chi connectivity index (χ4v) is 5.84. The fraction of sp³-hybridized carbons (Fsp3) is 0.900. The first-order valence-electron chi connectivity index (χ1n) is 10.3. The summed E-state index contributed by atoms with van der Waals surface area (Å²) < 4.78 is 11.2. The quantitative estimate of drug-likeness (QED) is 0.769. The molecule has 7 heteroatoms. The van der Waals surface area contributed by atoms with Gasteiger partial charge in [0.15, 0.2) is 0 Å². The van der Waals surface area contributed by atoms with Crippen LogP contribution in [-0.2, 0) is 9.47 Å². The first-order valence-corrected chi connectivity index (χ1v) is 10.3. The molecule has 5 unspecified atom stereocenters. The van der Waals surface area contributed by atoms with Crippen molar-refractivity contribution < 1.29 is 24.2 Å². The maximum atomic E-state index is 12.7. The van der Waals surface area contributed by atoms with Crippen LogP contribution in [0, 0.1) is 17.8 Å². The van der Waals surface area contributed by atoms with E-state index in [0.29, 0.717) is 37.3 Å². The van der Waals surface area contributed by atoms with Crippen molar-refractivity contribution in [2.75, 3.05) is 13.1 Å². The van der Waals surface area contributed by atoms with Crippen LogP contribution in [-0.4, -0.2) is 58.6 Å². The number of aliphatic hydroxyl groups is 1. The molecule has 5 rings (SSSR count). The van der Waals surface area contributed by atoms with Crippen LogP contribution < -0.4 is 5.32 Å². The van der Waals surface area contributed by atoms with E-state index in [2.05, 4.69) is 5.32 Å². The summed E-state index contributed by atoms with van der Waals surface area (Å²) in [4.78, 5) is 26.3. The normalized spacial score (nSPS) is 40.1. The highest BCUT2D eigenvalue weighted by Gasteiger charge is 2.56. The van der Waals surface area contributed by atoms with Gasteiger partial charge < -0.3 is 24.8 Å². The largest absolute Gasteiger partial charge is 0.446 e. The standard InChI is InChI=1S/C20H32N2O5/c1-19(2,3)27-17(23)21-15-4-5-22(11-15)18(24)26-16-13-6-12-7-14(16)10-20(25,8-12)9-13/h12-16,25H,4-11H2,1-3H3,(H,21,23)/t12?,13-,14?,15?,16?,20?/m1/s1. The number of alkyl carbamates (subject to hydrolysis) is 1. The summed E-state index contributed by atoms with van der Waals surface area (Å²) in [6.45, 7) is 6.51. The molecule has 5 fully saturated rings. The molecule has 0 aromatic carbocycles. The molecule has 4 saturated carbocycles. The molecular formula is C20H32N2O5. The molecule has 6 atom stereocenters. The molecule has 5 aliphatic rings. The maximum Gasteiger partial charge on any atom is 0.410 e. The zero-order valence-electron chi connectivity index (χ0n) is 16.6. The number of nitrogens with one attached hydrogen (secondary N) is 1. The monoisotopic (exact) mass is 380 g/mol. The van der Waals surface area contributed by atoms with Gasteiger partial charge in [0.25, 0.3) is 0 Å². The van der Waals surface area contributed by atoms with E-state index >= 15 is 0 Å². The van der Waals surface area contributed by atoms with Gasteiger partial charge >= 0.3 is 12.2 Å². The third-order valence-corrected chi connectivity index (χ3v) is 6.56. The molecule has 1 aliphatic heterocycles. The number of nitrogens with zero attached hydrogens (tertiary/aromatic N) is 1. The summed E-state index contributed by atoms with van der Waals surface area (Å²) in [6.07, 6.45) is 4.50. The van der Waals surface area contributed by atoms with E-state index in [1.165, 1.54) is 0 Å². The van der Waals surface area contributed by atoms with Gasteiger partial charge in [0, 0.05) is 13.1 Å². The number of ether oxygens (including phenoxy) is 2. The molecule has 7 nitrogen and oxygen atoms in total. The summed E-state index contributed by atoms with van der Waals surface area (Å²) in [5.41, 5.74) is -1.06. The minimum absolute atomic E-state index is 0.0628. The molecule has 4 bridgehead atoms. The minimum Gasteiger partial charge on any atom is -0.446 e. The van der Waals surface area contributed by atoms with Gasteiger partial charge in [-0.3, -0.25) is 0 Å². The van der Waals surface area contributed by atoms with Crippen LogP contribution >= 0.6 is 0 Å². The van der Waals surface area contributed by atoms with Gasteiger partial charge in [0.1, 0.15) is 11.7 Å². The molecule has 1 heterocycles. The second kappa shape index (κ2) is 6.54. The molecule has 0 aromatic rings. The first kappa shape index (κ1) is 18.8. The number of likely N-dealkylation sites (tertiary alicyclic amines) is 1. The van der Waals surface area contributed by atoms with Gasteiger partial charge in [-0.05, 0) is 77.0 Å². The lowest BCUT2D eigenvalue weighted by molar-refractivity contribution is -0.177. The van der Waals surface area contributed by atoms with Gasteiger partial charge in [0.2, 0.25) is 0 Å². The van der Waals surface area contributed by atoms with Crippen LogP contribution in [0.5, 0.6) is 0 Å². The van der Waals surface area contributed by atoms with Crippen LogP contribution in [0.15, 0.2) is 0 Å². The highest BCUT2D eigenvalue weighted by molar-refractivity contribution is 5.70. The van der Waals surface area contributed by atoms with Crippen LogP contribution in [0.25, 0.3) is 0 Å². The van der Waals surface area contributed by atoms with E-state index in [9.17, 15) is 14.7 Å². The molecule has 0 aromatic heterocycles. The Bertz CT molecular complexity index is 600. The van der Waals surface area contributed by atoms with E-state index in [0.717, 1.165) is 32.1 Å². The van der Waals surface area contributed by atoms with Crippen molar-refractivity contribution >= 4 is 12.2 Å². The lowest BCUT2D eigenvalue weighted by atomic mass is 9.53. The second-order valence-corrected chi connectivity index (χ2v) is 10.1. The minimum atomic E-state index is -0.537. The number of rotatable bonds is 2. The highest BCUT2D eigenvalue weighted by Crippen LogP contribution is 2.56. The number of carbonyl (C=O) groups is 2. The third-order valence-electron chi connectivity index (χ3n) is 6.56. The summed E-state index contributed by atoms with van der Waals surface area (Å²) in [7, 11) is 0. The van der Waals surface area contributed by atoms with E-state index in [-0.39, 0.29) is 18.2 Å². The molecule has 1 saturated heterocycles. The average molecular weight is 380 g/mol. The topological polar surface area (TPSA) is 88.1 Å². The Hall–Kier alpha value is -1.50. The van der Waals surface area contributed by atoms with E-state index in [4.69, 9.17) is 9.47 Å². The molecule has 2 amide bonds. The Morgan fingerprint density at radius 3 is 2.41 bits per heavy atom. The van der Waals surface area contributed by atoms with Gasteiger partial charge in [-0.2, -0.15) is 0 Å². The molecule has 152 valence electrons. The molecule has 0 spiro atoms. The van der Waals surface area contributed by atoms with Crippen molar-refractivity contribution in [2.24, 2.45) is 17.8 Å². The smallest absolute Gasteiger partial charge is 0.410 e. The number of hydrogen-bond donors (Lipinski definition) is 2. The summed E-state index contributed by atoms with van der Waals surface area (Å²) in [5.74, 6) is 1.18. The lowest BCUT2D eigenvalue weighted by Crippen LogP contribution is -2.58. The van der Waals surface area contributed by atoms with Crippen LogP contribution in [0.1, 0.15) is 59.3 Å². The van der Waals surface area contributed by atoms with E-state index in [1.807, 2.05) is 20.8 Å². The Morgan fingerprint density at radius 1 is 1.15 bits per heavy atom. The lowest BCUT2D eigenvalue weighted by Gasteiger charge is -2.57. The van der Waals surface area contributed by atoms with Gasteiger partial charge in [-0.25, -0.2) is 9.59 Å². The van der Waals surface area contributed by atoms with Crippen LogP contribution in [0.3, 0.4) is 0 Å². The van der Waals surface area contributed by atoms with Gasteiger partial charge in [0.05, 0.1) is 11.6 Å². The van der Waals surface area contributed by atoms with E-state index in [1.54, 1.807) is 4.90 Å². The summed E-state index contributed by atoms with van der Waals surface area (Å²) in [5, 5.41) is 13.5. The molecule has 4 aliphatic carbocycles. The molecule has 27 heavy (non-hydrogen) atoms. The van der Waals surface area contributed by atoms with E-state index < -0.39 is 17.3 Å². The predicted octanol–water partition coefficient (Wildman–Crippen LogP) is 2.66. The summed E-state index contributed by atoms with van der Waals surface area (Å²) in [6, 6.07) is -0.105.